The third-order valence-electron chi connectivity index (χ3n) is 4.98. The van der Waals surface area contributed by atoms with E-state index in [-0.39, 0.29) is 5.91 Å². The first-order valence-corrected chi connectivity index (χ1v) is 10.1. The van der Waals surface area contributed by atoms with Crippen LogP contribution in [-0.4, -0.2) is 50.2 Å². The van der Waals surface area contributed by atoms with Crippen LogP contribution in [0, 0.1) is 6.92 Å². The van der Waals surface area contributed by atoms with Crippen LogP contribution in [0.3, 0.4) is 0 Å². The normalized spacial score (nSPS) is 14.1. The molecule has 0 unspecified atom stereocenters. The molecule has 1 fully saturated rings. The van der Waals surface area contributed by atoms with Gasteiger partial charge in [0.1, 0.15) is 0 Å². The molecule has 28 heavy (non-hydrogen) atoms. The van der Waals surface area contributed by atoms with Crippen molar-refractivity contribution >= 4 is 11.6 Å². The van der Waals surface area contributed by atoms with Crippen molar-refractivity contribution in [2.75, 3.05) is 44.3 Å². The monoisotopic (exact) mass is 382 g/mol. The largest absolute Gasteiger partial charge is 0.490 e. The predicted octanol–water partition coefficient (Wildman–Crippen LogP) is 4.14. The summed E-state index contributed by atoms with van der Waals surface area (Å²) in [4.78, 5) is 17.3. The van der Waals surface area contributed by atoms with Crippen molar-refractivity contribution in [1.82, 2.24) is 4.90 Å². The smallest absolute Gasteiger partial charge is 0.254 e. The molecule has 0 N–H and O–H groups in total. The van der Waals surface area contributed by atoms with Crippen LogP contribution < -0.4 is 14.4 Å². The van der Waals surface area contributed by atoms with Crippen LogP contribution in [0.1, 0.15) is 36.2 Å². The van der Waals surface area contributed by atoms with Crippen molar-refractivity contribution in [3.63, 3.8) is 0 Å². The Kier molecular flexibility index (Phi) is 6.80. The van der Waals surface area contributed by atoms with Gasteiger partial charge >= 0.3 is 0 Å². The number of carbonyl (C=O) groups excluding carboxylic acids is 1. The fourth-order valence-corrected chi connectivity index (χ4v) is 3.49. The summed E-state index contributed by atoms with van der Waals surface area (Å²) in [5.74, 6) is 1.39. The van der Waals surface area contributed by atoms with Gasteiger partial charge in [0.15, 0.2) is 11.5 Å². The Morgan fingerprint density at radius 1 is 0.964 bits per heavy atom. The van der Waals surface area contributed by atoms with Crippen molar-refractivity contribution in [2.45, 2.75) is 27.2 Å². The summed E-state index contributed by atoms with van der Waals surface area (Å²) in [6.07, 6.45) is 0.928. The fourth-order valence-electron chi connectivity index (χ4n) is 3.49. The molecule has 5 heteroatoms. The van der Waals surface area contributed by atoms with Crippen LogP contribution in [0.15, 0.2) is 42.5 Å². The minimum atomic E-state index is 0.0485. The molecule has 0 aliphatic carbocycles. The van der Waals surface area contributed by atoms with Gasteiger partial charge in [-0.15, -0.1) is 0 Å². The lowest BCUT2D eigenvalue weighted by Crippen LogP contribution is -2.49. The van der Waals surface area contributed by atoms with E-state index in [2.05, 4.69) is 43.0 Å². The SMILES string of the molecule is CCCOc1ccc(C(=O)N2CCN(c3ccccc3C)CC2)cc1OCC. The summed E-state index contributed by atoms with van der Waals surface area (Å²) in [6, 6.07) is 13.9. The second kappa shape index (κ2) is 9.49. The van der Waals surface area contributed by atoms with E-state index in [1.54, 1.807) is 0 Å². The van der Waals surface area contributed by atoms with Crippen molar-refractivity contribution in [3.8, 4) is 11.5 Å². The van der Waals surface area contributed by atoms with E-state index in [1.807, 2.05) is 30.0 Å². The highest BCUT2D eigenvalue weighted by Gasteiger charge is 2.23. The molecule has 0 bridgehead atoms. The summed E-state index contributed by atoms with van der Waals surface area (Å²) < 4.78 is 11.4. The molecule has 2 aromatic rings. The van der Waals surface area contributed by atoms with Crippen LogP contribution in [0.5, 0.6) is 11.5 Å². The first kappa shape index (κ1) is 20.1. The zero-order chi connectivity index (χ0) is 19.9. The molecule has 3 rings (SSSR count). The van der Waals surface area contributed by atoms with E-state index in [0.717, 1.165) is 19.5 Å². The molecule has 1 heterocycles. The minimum Gasteiger partial charge on any atom is -0.490 e. The lowest BCUT2D eigenvalue weighted by molar-refractivity contribution is 0.0746. The molecule has 1 aliphatic rings. The molecule has 1 saturated heterocycles. The van der Waals surface area contributed by atoms with E-state index in [9.17, 15) is 4.79 Å². The van der Waals surface area contributed by atoms with Gasteiger partial charge < -0.3 is 19.3 Å². The number of amides is 1. The van der Waals surface area contributed by atoms with Crippen molar-refractivity contribution < 1.29 is 14.3 Å². The summed E-state index contributed by atoms with van der Waals surface area (Å²) in [5, 5.41) is 0. The molecule has 1 amide bonds. The molecule has 0 atom stereocenters. The Morgan fingerprint density at radius 3 is 2.39 bits per heavy atom. The zero-order valence-electron chi connectivity index (χ0n) is 17.1. The van der Waals surface area contributed by atoms with E-state index in [0.29, 0.717) is 43.4 Å². The lowest BCUT2D eigenvalue weighted by atomic mass is 10.1. The minimum absolute atomic E-state index is 0.0485. The molecule has 0 spiro atoms. The van der Waals surface area contributed by atoms with Gasteiger partial charge in [0.25, 0.3) is 5.91 Å². The zero-order valence-corrected chi connectivity index (χ0v) is 17.1. The summed E-state index contributed by atoms with van der Waals surface area (Å²) >= 11 is 0. The average molecular weight is 383 g/mol. The predicted molar refractivity (Wildman–Crippen MR) is 113 cm³/mol. The number of ether oxygens (including phenoxy) is 2. The van der Waals surface area contributed by atoms with Gasteiger partial charge in [0, 0.05) is 37.4 Å². The second-order valence-corrected chi connectivity index (χ2v) is 7.01. The molecule has 1 aliphatic heterocycles. The van der Waals surface area contributed by atoms with E-state index in [1.165, 1.54) is 11.3 Å². The molecule has 0 saturated carbocycles. The van der Waals surface area contributed by atoms with E-state index in [4.69, 9.17) is 9.47 Å². The molecule has 5 nitrogen and oxygen atoms in total. The van der Waals surface area contributed by atoms with Gasteiger partial charge in [0.2, 0.25) is 0 Å². The number of para-hydroxylation sites is 1. The van der Waals surface area contributed by atoms with Crippen LogP contribution >= 0.6 is 0 Å². The highest BCUT2D eigenvalue weighted by atomic mass is 16.5. The van der Waals surface area contributed by atoms with Crippen molar-refractivity contribution in [1.29, 1.82) is 0 Å². The number of rotatable bonds is 7. The summed E-state index contributed by atoms with van der Waals surface area (Å²) in [7, 11) is 0. The first-order valence-electron chi connectivity index (χ1n) is 10.1. The Bertz CT molecular complexity index is 798. The van der Waals surface area contributed by atoms with Crippen LogP contribution in [0.25, 0.3) is 0 Å². The van der Waals surface area contributed by atoms with Crippen LogP contribution in [0.2, 0.25) is 0 Å². The number of nitrogens with zero attached hydrogens (tertiary/aromatic N) is 2. The Hall–Kier alpha value is -2.69. The number of anilines is 1. The maximum atomic E-state index is 13.0. The highest BCUT2D eigenvalue weighted by Crippen LogP contribution is 2.29. The standard InChI is InChI=1S/C23H30N2O3/c1-4-16-28-21-11-10-19(17-22(21)27-5-2)23(26)25-14-12-24(13-15-25)20-9-7-6-8-18(20)3/h6-11,17H,4-5,12-16H2,1-3H3. The lowest BCUT2D eigenvalue weighted by Gasteiger charge is -2.37. The van der Waals surface area contributed by atoms with Gasteiger partial charge in [-0.25, -0.2) is 0 Å². The van der Waals surface area contributed by atoms with Crippen molar-refractivity contribution in [3.05, 3.63) is 53.6 Å². The summed E-state index contributed by atoms with van der Waals surface area (Å²) in [5.41, 5.74) is 3.17. The molecular weight excluding hydrogens is 352 g/mol. The third-order valence-corrected chi connectivity index (χ3v) is 4.98. The third kappa shape index (κ3) is 4.58. The van der Waals surface area contributed by atoms with Gasteiger partial charge in [-0.2, -0.15) is 0 Å². The van der Waals surface area contributed by atoms with Crippen LogP contribution in [0.4, 0.5) is 5.69 Å². The Labute approximate surface area is 167 Å². The number of carbonyl (C=O) groups is 1. The Morgan fingerprint density at radius 2 is 1.71 bits per heavy atom. The quantitative estimate of drug-likeness (QED) is 0.722. The molecule has 150 valence electrons. The average Bonchev–Trinajstić information content (AvgIpc) is 2.73. The maximum absolute atomic E-state index is 13.0. The molecule has 0 aromatic heterocycles. The fraction of sp³-hybridized carbons (Fsp3) is 0.435. The van der Waals surface area contributed by atoms with E-state index < -0.39 is 0 Å². The number of piperazine rings is 1. The molecular formula is C23H30N2O3. The van der Waals surface area contributed by atoms with Gasteiger partial charge in [-0.3, -0.25) is 4.79 Å². The molecule has 2 aromatic carbocycles. The second-order valence-electron chi connectivity index (χ2n) is 7.01. The van der Waals surface area contributed by atoms with Gasteiger partial charge in [-0.1, -0.05) is 25.1 Å². The van der Waals surface area contributed by atoms with Gasteiger partial charge in [-0.05, 0) is 50.1 Å². The number of hydrogen-bond acceptors (Lipinski definition) is 4. The molecule has 0 radical (unpaired) electrons. The van der Waals surface area contributed by atoms with E-state index >= 15 is 0 Å². The number of benzene rings is 2. The first-order chi connectivity index (χ1) is 13.6. The summed E-state index contributed by atoms with van der Waals surface area (Å²) in [6.45, 7) is 10.4. The number of aryl methyl sites for hydroxylation is 1. The number of hydrogen-bond donors (Lipinski definition) is 0. The van der Waals surface area contributed by atoms with Crippen LogP contribution in [-0.2, 0) is 0 Å². The maximum Gasteiger partial charge on any atom is 0.254 e. The van der Waals surface area contributed by atoms with Crippen molar-refractivity contribution in [2.24, 2.45) is 0 Å². The topological polar surface area (TPSA) is 42.0 Å². The highest BCUT2D eigenvalue weighted by molar-refractivity contribution is 5.95. The van der Waals surface area contributed by atoms with Gasteiger partial charge in [0.05, 0.1) is 13.2 Å². The Balaban J connectivity index is 1.67.